The highest BCUT2D eigenvalue weighted by molar-refractivity contribution is 5.81. The molecule has 0 unspecified atom stereocenters. The van der Waals surface area contributed by atoms with Gasteiger partial charge in [-0.2, -0.15) is 13.2 Å². The Morgan fingerprint density at radius 1 is 1.31 bits per heavy atom. The molecule has 0 bridgehead atoms. The molecule has 2 N–H and O–H groups in total. The Hall–Kier alpha value is -3.25. The number of imidazole rings is 1. The lowest BCUT2D eigenvalue weighted by Gasteiger charge is -2.07. The van der Waals surface area contributed by atoms with Gasteiger partial charge in [0.15, 0.2) is 17.0 Å². The van der Waals surface area contributed by atoms with Gasteiger partial charge in [-0.1, -0.05) is 5.21 Å². The van der Waals surface area contributed by atoms with E-state index in [-0.39, 0.29) is 0 Å². The van der Waals surface area contributed by atoms with Gasteiger partial charge in [0.25, 0.3) is 0 Å². The third-order valence-electron chi connectivity index (χ3n) is 4.19. The Balaban J connectivity index is 0.000000298. The van der Waals surface area contributed by atoms with E-state index in [1.165, 1.54) is 0 Å². The van der Waals surface area contributed by atoms with E-state index in [0.717, 1.165) is 55.2 Å². The second kappa shape index (κ2) is 8.41. The first-order valence-corrected chi connectivity index (χ1v) is 8.85. The van der Waals surface area contributed by atoms with E-state index in [4.69, 9.17) is 9.90 Å². The zero-order chi connectivity index (χ0) is 21.0. The quantitative estimate of drug-likeness (QED) is 0.591. The van der Waals surface area contributed by atoms with Crippen LogP contribution in [-0.4, -0.2) is 58.3 Å². The molecule has 1 aliphatic carbocycles. The lowest BCUT2D eigenvalue weighted by molar-refractivity contribution is -0.192. The summed E-state index contributed by atoms with van der Waals surface area (Å²) in [4.78, 5) is 21.7. The van der Waals surface area contributed by atoms with E-state index in [1.54, 1.807) is 6.33 Å². The minimum absolute atomic E-state index is 0.469. The Kier molecular flexibility index (Phi) is 5.94. The number of nitrogens with one attached hydrogen (secondary N) is 1. The van der Waals surface area contributed by atoms with Crippen LogP contribution in [0.25, 0.3) is 11.2 Å². The number of aromatic nitrogens is 7. The van der Waals surface area contributed by atoms with Crippen molar-refractivity contribution in [3.05, 3.63) is 24.5 Å². The minimum atomic E-state index is -5.08. The molecule has 10 nitrogen and oxygen atoms in total. The van der Waals surface area contributed by atoms with Gasteiger partial charge in [0, 0.05) is 25.5 Å². The summed E-state index contributed by atoms with van der Waals surface area (Å²) in [6, 6.07) is 0.469. The van der Waals surface area contributed by atoms with Gasteiger partial charge < -0.3 is 15.0 Å². The smallest absolute Gasteiger partial charge is 0.475 e. The molecule has 0 radical (unpaired) electrons. The standard InChI is InChI=1S/C14H18N8.C2HF3O2/c1-10-15-6-8-21(10)7-2-5-16-13-12-14(18-9-17-13)22(20-19-12)11-3-4-11;3-2(4,5)1(6)7/h6,8-9,11H,2-5,7H2,1H3,(H,16,17,18);(H,6,7). The second-order valence-electron chi connectivity index (χ2n) is 6.41. The Labute approximate surface area is 162 Å². The fourth-order valence-electron chi connectivity index (χ4n) is 2.56. The molecule has 1 aliphatic rings. The Morgan fingerprint density at radius 3 is 2.62 bits per heavy atom. The van der Waals surface area contributed by atoms with Crippen LogP contribution in [0.1, 0.15) is 31.1 Å². The number of carbonyl (C=O) groups is 1. The van der Waals surface area contributed by atoms with Crippen LogP contribution in [0.15, 0.2) is 18.7 Å². The number of aryl methyl sites for hydroxylation is 2. The van der Waals surface area contributed by atoms with Crippen molar-refractivity contribution in [1.82, 2.24) is 34.5 Å². The highest BCUT2D eigenvalue weighted by Gasteiger charge is 2.38. The number of aliphatic carboxylic acids is 1. The maximum atomic E-state index is 10.6. The van der Waals surface area contributed by atoms with E-state index < -0.39 is 12.1 Å². The van der Waals surface area contributed by atoms with Gasteiger partial charge in [0.05, 0.1) is 6.04 Å². The molecule has 0 amide bonds. The van der Waals surface area contributed by atoms with Crippen LogP contribution in [0.5, 0.6) is 0 Å². The second-order valence-corrected chi connectivity index (χ2v) is 6.41. The van der Waals surface area contributed by atoms with Crippen molar-refractivity contribution < 1.29 is 23.1 Å². The number of hydrogen-bond acceptors (Lipinski definition) is 7. The number of rotatable bonds is 6. The minimum Gasteiger partial charge on any atom is -0.475 e. The maximum Gasteiger partial charge on any atom is 0.490 e. The maximum absolute atomic E-state index is 10.6. The third-order valence-corrected chi connectivity index (χ3v) is 4.19. The van der Waals surface area contributed by atoms with Gasteiger partial charge in [-0.05, 0) is 26.2 Å². The lowest BCUT2D eigenvalue weighted by atomic mass is 10.4. The van der Waals surface area contributed by atoms with Crippen molar-refractivity contribution in [2.45, 2.75) is 44.9 Å². The zero-order valence-electron chi connectivity index (χ0n) is 15.5. The first-order chi connectivity index (χ1) is 13.8. The molecule has 0 spiro atoms. The molecule has 3 heterocycles. The molecular formula is C16H19F3N8O2. The van der Waals surface area contributed by atoms with Crippen LogP contribution >= 0.6 is 0 Å². The summed E-state index contributed by atoms with van der Waals surface area (Å²) in [5, 5.41) is 18.9. The van der Waals surface area contributed by atoms with Crippen LogP contribution in [0.3, 0.4) is 0 Å². The van der Waals surface area contributed by atoms with Crippen molar-refractivity contribution in [3.8, 4) is 0 Å². The number of alkyl halides is 3. The molecule has 1 fully saturated rings. The molecule has 0 aromatic carbocycles. The van der Waals surface area contributed by atoms with Gasteiger partial charge in [-0.3, -0.25) is 0 Å². The molecule has 13 heteroatoms. The number of carboxylic acids is 1. The number of hydrogen-bond donors (Lipinski definition) is 2. The SMILES string of the molecule is Cc1nccn1CCCNc1ncnc2c1nnn2C1CC1.O=C(O)C(F)(F)F. The number of halogens is 3. The van der Waals surface area contributed by atoms with Crippen molar-refractivity contribution in [2.24, 2.45) is 0 Å². The fraction of sp³-hybridized carbons (Fsp3) is 0.500. The molecule has 0 atom stereocenters. The summed E-state index contributed by atoms with van der Waals surface area (Å²) in [6.45, 7) is 3.76. The lowest BCUT2D eigenvalue weighted by Crippen LogP contribution is -2.21. The van der Waals surface area contributed by atoms with Gasteiger partial charge >= 0.3 is 12.1 Å². The van der Waals surface area contributed by atoms with Gasteiger partial charge in [0.2, 0.25) is 0 Å². The predicted octanol–water partition coefficient (Wildman–Crippen LogP) is 2.20. The van der Waals surface area contributed by atoms with Crippen LogP contribution in [-0.2, 0) is 11.3 Å². The van der Waals surface area contributed by atoms with Gasteiger partial charge in [0.1, 0.15) is 12.2 Å². The van der Waals surface area contributed by atoms with Gasteiger partial charge in [-0.25, -0.2) is 24.4 Å². The van der Waals surface area contributed by atoms with Crippen molar-refractivity contribution in [3.63, 3.8) is 0 Å². The number of anilines is 1. The highest BCUT2D eigenvalue weighted by atomic mass is 19.4. The molecule has 3 aromatic rings. The van der Waals surface area contributed by atoms with Crippen molar-refractivity contribution in [1.29, 1.82) is 0 Å². The molecule has 0 aliphatic heterocycles. The van der Waals surface area contributed by atoms with Crippen LogP contribution < -0.4 is 5.32 Å². The first kappa shape index (κ1) is 20.5. The fourth-order valence-corrected chi connectivity index (χ4v) is 2.56. The molecule has 3 aromatic heterocycles. The molecular weight excluding hydrogens is 393 g/mol. The topological polar surface area (TPSA) is 124 Å². The normalized spacial score (nSPS) is 13.8. The van der Waals surface area contributed by atoms with Crippen LogP contribution in [0.2, 0.25) is 0 Å². The van der Waals surface area contributed by atoms with E-state index >= 15 is 0 Å². The van der Waals surface area contributed by atoms with Crippen molar-refractivity contribution in [2.75, 3.05) is 11.9 Å². The van der Waals surface area contributed by atoms with E-state index in [0.29, 0.717) is 6.04 Å². The largest absolute Gasteiger partial charge is 0.490 e. The number of carboxylic acid groups (broad SMARTS) is 1. The first-order valence-electron chi connectivity index (χ1n) is 8.85. The summed E-state index contributed by atoms with van der Waals surface area (Å²) in [6.07, 6.45) is 3.63. The average molecular weight is 412 g/mol. The summed E-state index contributed by atoms with van der Waals surface area (Å²) in [5.41, 5.74) is 1.58. The zero-order valence-corrected chi connectivity index (χ0v) is 15.5. The van der Waals surface area contributed by atoms with E-state index in [2.05, 4.69) is 35.1 Å². The summed E-state index contributed by atoms with van der Waals surface area (Å²) >= 11 is 0. The summed E-state index contributed by atoms with van der Waals surface area (Å²) < 4.78 is 35.8. The molecule has 0 saturated heterocycles. The summed E-state index contributed by atoms with van der Waals surface area (Å²) in [5.74, 6) is -0.955. The Morgan fingerprint density at radius 2 is 2.03 bits per heavy atom. The van der Waals surface area contributed by atoms with Crippen LogP contribution in [0.4, 0.5) is 19.0 Å². The number of nitrogens with zero attached hydrogens (tertiary/aromatic N) is 7. The number of fused-ring (bicyclic) bond motifs is 1. The summed E-state index contributed by atoms with van der Waals surface area (Å²) in [7, 11) is 0. The molecule has 4 rings (SSSR count). The predicted molar refractivity (Wildman–Crippen MR) is 95.2 cm³/mol. The van der Waals surface area contributed by atoms with Crippen molar-refractivity contribution >= 4 is 23.0 Å². The molecule has 1 saturated carbocycles. The average Bonchev–Trinajstić information content (AvgIpc) is 3.28. The van der Waals surface area contributed by atoms with Gasteiger partial charge in [-0.15, -0.1) is 5.10 Å². The van der Waals surface area contributed by atoms with E-state index in [1.807, 2.05) is 24.0 Å². The third kappa shape index (κ3) is 5.18. The monoisotopic (exact) mass is 412 g/mol. The highest BCUT2D eigenvalue weighted by Crippen LogP contribution is 2.36. The Bertz CT molecular complexity index is 980. The van der Waals surface area contributed by atoms with E-state index in [9.17, 15) is 13.2 Å². The molecule has 29 heavy (non-hydrogen) atoms. The van der Waals surface area contributed by atoms with Crippen LogP contribution in [0, 0.1) is 6.92 Å². The molecule has 156 valence electrons.